The zero-order chi connectivity index (χ0) is 13.7. The molecule has 0 radical (unpaired) electrons. The zero-order valence-corrected chi connectivity index (χ0v) is 10.8. The summed E-state index contributed by atoms with van der Waals surface area (Å²) in [5.41, 5.74) is 0.508. The molecule has 2 heterocycles. The summed E-state index contributed by atoms with van der Waals surface area (Å²) in [5, 5.41) is 10.5. The van der Waals surface area contributed by atoms with Crippen LogP contribution >= 0.6 is 0 Å². The average Bonchev–Trinajstić information content (AvgIpc) is 2.99. The standard InChI is InChI=1S/C11H15N5O3/c1-16-8(3-6-13-16)11(17)12-5-4-9-14-10(7-18-2)19-15-9/h3,6H,4-5,7H2,1-2H3,(H,12,17). The van der Waals surface area contributed by atoms with Gasteiger partial charge in [-0.05, 0) is 6.07 Å². The largest absolute Gasteiger partial charge is 0.375 e. The molecule has 0 saturated heterocycles. The van der Waals surface area contributed by atoms with E-state index in [9.17, 15) is 4.79 Å². The van der Waals surface area contributed by atoms with E-state index in [1.165, 1.54) is 4.68 Å². The molecular weight excluding hydrogens is 250 g/mol. The molecule has 1 amide bonds. The molecule has 8 nitrogen and oxygen atoms in total. The molecular formula is C11H15N5O3. The highest BCUT2D eigenvalue weighted by Crippen LogP contribution is 2.00. The van der Waals surface area contributed by atoms with Crippen LogP contribution < -0.4 is 5.32 Å². The highest BCUT2D eigenvalue weighted by molar-refractivity contribution is 5.92. The predicted octanol–water partition coefficient (Wildman–Crippen LogP) is -0.0780. The molecule has 0 aliphatic rings. The molecule has 0 aliphatic carbocycles. The smallest absolute Gasteiger partial charge is 0.269 e. The lowest BCUT2D eigenvalue weighted by molar-refractivity contribution is 0.0944. The molecule has 0 fully saturated rings. The molecule has 0 spiro atoms. The molecule has 0 unspecified atom stereocenters. The Morgan fingerprint density at radius 3 is 3.11 bits per heavy atom. The van der Waals surface area contributed by atoms with Gasteiger partial charge in [0.25, 0.3) is 11.8 Å². The summed E-state index contributed by atoms with van der Waals surface area (Å²) in [7, 11) is 3.27. The monoisotopic (exact) mass is 265 g/mol. The van der Waals surface area contributed by atoms with Crippen LogP contribution in [0.15, 0.2) is 16.8 Å². The first-order valence-electron chi connectivity index (χ1n) is 5.77. The van der Waals surface area contributed by atoms with E-state index >= 15 is 0 Å². The summed E-state index contributed by atoms with van der Waals surface area (Å²) in [6.45, 7) is 0.713. The summed E-state index contributed by atoms with van der Waals surface area (Å²) in [5.74, 6) is 0.786. The Kier molecular flexibility index (Phi) is 4.24. The fourth-order valence-electron chi connectivity index (χ4n) is 1.55. The number of hydrogen-bond acceptors (Lipinski definition) is 6. The van der Waals surface area contributed by atoms with Gasteiger partial charge < -0.3 is 14.6 Å². The maximum Gasteiger partial charge on any atom is 0.269 e. The van der Waals surface area contributed by atoms with E-state index in [1.54, 1.807) is 26.4 Å². The van der Waals surface area contributed by atoms with E-state index < -0.39 is 0 Å². The van der Waals surface area contributed by atoms with Gasteiger partial charge in [-0.1, -0.05) is 5.16 Å². The lowest BCUT2D eigenvalue weighted by atomic mass is 10.3. The van der Waals surface area contributed by atoms with Crippen molar-refractivity contribution in [2.75, 3.05) is 13.7 Å². The second kappa shape index (κ2) is 6.10. The van der Waals surface area contributed by atoms with Crippen molar-refractivity contribution in [1.82, 2.24) is 25.2 Å². The summed E-state index contributed by atoms with van der Waals surface area (Å²) in [6, 6.07) is 1.65. The van der Waals surface area contributed by atoms with Gasteiger partial charge in [0.15, 0.2) is 5.82 Å². The third kappa shape index (κ3) is 3.38. The van der Waals surface area contributed by atoms with E-state index in [2.05, 4.69) is 20.6 Å². The Hall–Kier alpha value is -2.22. The van der Waals surface area contributed by atoms with Crippen LogP contribution in [-0.4, -0.2) is 39.5 Å². The number of aryl methyl sites for hydroxylation is 1. The summed E-state index contributed by atoms with van der Waals surface area (Å²) >= 11 is 0. The van der Waals surface area contributed by atoms with Crippen LogP contribution in [0.4, 0.5) is 0 Å². The molecule has 8 heteroatoms. The number of carbonyl (C=O) groups excluding carboxylic acids is 1. The SMILES string of the molecule is COCc1nc(CCNC(=O)c2ccnn2C)no1. The maximum absolute atomic E-state index is 11.8. The molecule has 0 aliphatic heterocycles. The lowest BCUT2D eigenvalue weighted by Gasteiger charge is -2.03. The molecule has 2 aromatic rings. The van der Waals surface area contributed by atoms with Crippen molar-refractivity contribution >= 4 is 5.91 Å². The van der Waals surface area contributed by atoms with E-state index in [1.807, 2.05) is 0 Å². The Morgan fingerprint density at radius 1 is 1.58 bits per heavy atom. The van der Waals surface area contributed by atoms with Crippen LogP contribution in [0.25, 0.3) is 0 Å². The summed E-state index contributed by atoms with van der Waals surface area (Å²) in [6.07, 6.45) is 2.07. The molecule has 102 valence electrons. The summed E-state index contributed by atoms with van der Waals surface area (Å²) in [4.78, 5) is 15.9. The number of aromatic nitrogens is 4. The van der Waals surface area contributed by atoms with Crippen molar-refractivity contribution in [2.45, 2.75) is 13.0 Å². The van der Waals surface area contributed by atoms with E-state index in [0.29, 0.717) is 30.4 Å². The Morgan fingerprint density at radius 2 is 2.42 bits per heavy atom. The second-order valence-electron chi connectivity index (χ2n) is 3.88. The van der Waals surface area contributed by atoms with Crippen LogP contribution in [0.1, 0.15) is 22.2 Å². The molecule has 0 aromatic carbocycles. The molecule has 0 atom stereocenters. The Balaban J connectivity index is 1.80. The van der Waals surface area contributed by atoms with Gasteiger partial charge in [-0.2, -0.15) is 10.1 Å². The van der Waals surface area contributed by atoms with Crippen LogP contribution in [0.3, 0.4) is 0 Å². The zero-order valence-electron chi connectivity index (χ0n) is 10.8. The average molecular weight is 265 g/mol. The first kappa shape index (κ1) is 13.2. The molecule has 0 bridgehead atoms. The van der Waals surface area contributed by atoms with E-state index in [-0.39, 0.29) is 12.5 Å². The molecule has 2 rings (SSSR count). The van der Waals surface area contributed by atoms with Crippen molar-refractivity contribution in [2.24, 2.45) is 7.05 Å². The number of methoxy groups -OCH3 is 1. The van der Waals surface area contributed by atoms with Crippen molar-refractivity contribution < 1.29 is 14.1 Å². The van der Waals surface area contributed by atoms with E-state index in [4.69, 9.17) is 9.26 Å². The van der Waals surface area contributed by atoms with Gasteiger partial charge in [-0.15, -0.1) is 0 Å². The fraction of sp³-hybridized carbons (Fsp3) is 0.455. The topological polar surface area (TPSA) is 95.1 Å². The van der Waals surface area contributed by atoms with Crippen LogP contribution in [0.5, 0.6) is 0 Å². The lowest BCUT2D eigenvalue weighted by Crippen LogP contribution is -2.27. The second-order valence-corrected chi connectivity index (χ2v) is 3.88. The number of nitrogens with one attached hydrogen (secondary N) is 1. The fourth-order valence-corrected chi connectivity index (χ4v) is 1.55. The molecule has 2 aromatic heterocycles. The third-order valence-corrected chi connectivity index (χ3v) is 2.47. The number of amides is 1. The highest BCUT2D eigenvalue weighted by atomic mass is 16.5. The van der Waals surface area contributed by atoms with Gasteiger partial charge in [0.05, 0.1) is 0 Å². The highest BCUT2D eigenvalue weighted by Gasteiger charge is 2.10. The van der Waals surface area contributed by atoms with Gasteiger partial charge >= 0.3 is 0 Å². The van der Waals surface area contributed by atoms with Gasteiger partial charge in [-0.25, -0.2) is 0 Å². The maximum atomic E-state index is 11.8. The van der Waals surface area contributed by atoms with Crippen molar-refractivity contribution in [3.05, 3.63) is 29.7 Å². The molecule has 19 heavy (non-hydrogen) atoms. The van der Waals surface area contributed by atoms with Crippen molar-refractivity contribution in [1.29, 1.82) is 0 Å². The van der Waals surface area contributed by atoms with Gasteiger partial charge in [0.2, 0.25) is 0 Å². The van der Waals surface area contributed by atoms with Crippen LogP contribution in [0.2, 0.25) is 0 Å². The number of carbonyl (C=O) groups is 1. The normalized spacial score (nSPS) is 10.6. The first-order chi connectivity index (χ1) is 9.20. The Bertz CT molecular complexity index is 548. The van der Waals surface area contributed by atoms with Gasteiger partial charge in [-0.3, -0.25) is 9.48 Å². The number of rotatable bonds is 6. The molecule has 1 N–H and O–H groups in total. The van der Waals surface area contributed by atoms with Gasteiger partial charge in [0, 0.05) is 33.3 Å². The predicted molar refractivity (Wildman–Crippen MR) is 64.3 cm³/mol. The number of ether oxygens (including phenoxy) is 1. The number of hydrogen-bond donors (Lipinski definition) is 1. The Labute approximate surface area is 109 Å². The minimum absolute atomic E-state index is 0.180. The van der Waals surface area contributed by atoms with Crippen LogP contribution in [0, 0.1) is 0 Å². The van der Waals surface area contributed by atoms with Gasteiger partial charge in [0.1, 0.15) is 12.3 Å². The van der Waals surface area contributed by atoms with Crippen LogP contribution in [-0.2, 0) is 24.8 Å². The van der Waals surface area contributed by atoms with Crippen molar-refractivity contribution in [3.8, 4) is 0 Å². The number of nitrogens with zero attached hydrogens (tertiary/aromatic N) is 4. The third-order valence-electron chi connectivity index (χ3n) is 2.47. The first-order valence-corrected chi connectivity index (χ1v) is 5.77. The quantitative estimate of drug-likeness (QED) is 0.785. The molecule has 0 saturated carbocycles. The minimum Gasteiger partial charge on any atom is -0.375 e. The van der Waals surface area contributed by atoms with Crippen molar-refractivity contribution in [3.63, 3.8) is 0 Å². The van der Waals surface area contributed by atoms with E-state index in [0.717, 1.165) is 0 Å². The minimum atomic E-state index is -0.180. The summed E-state index contributed by atoms with van der Waals surface area (Å²) < 4.78 is 11.3.